The van der Waals surface area contributed by atoms with Crippen LogP contribution < -0.4 is 0 Å². The number of carbonyl (C=O) groups excluding carboxylic acids is 1. The van der Waals surface area contributed by atoms with Crippen LogP contribution in [-0.2, 0) is 6.54 Å². The van der Waals surface area contributed by atoms with E-state index in [1.807, 2.05) is 6.92 Å². The zero-order chi connectivity index (χ0) is 9.97. The maximum absolute atomic E-state index is 11.7. The first-order chi connectivity index (χ1) is 6.83. The van der Waals surface area contributed by atoms with Crippen LogP contribution in [0.25, 0.3) is 0 Å². The van der Waals surface area contributed by atoms with Gasteiger partial charge in [0.1, 0.15) is 12.0 Å². The second-order valence-electron chi connectivity index (χ2n) is 2.52. The number of rotatable bonds is 3. The van der Waals surface area contributed by atoms with E-state index in [-0.39, 0.29) is 5.78 Å². The smallest absolute Gasteiger partial charge is 0.251 e. The SMILES string of the molecule is CCn1ncnc1C(=O)c1csnn1. The molecule has 0 aliphatic rings. The highest BCUT2D eigenvalue weighted by atomic mass is 32.1. The van der Waals surface area contributed by atoms with Gasteiger partial charge >= 0.3 is 0 Å². The minimum absolute atomic E-state index is 0.238. The Labute approximate surface area is 83.8 Å². The number of nitrogens with zero attached hydrogens (tertiary/aromatic N) is 5. The summed E-state index contributed by atoms with van der Waals surface area (Å²) in [4.78, 5) is 15.6. The van der Waals surface area contributed by atoms with Crippen molar-refractivity contribution in [2.75, 3.05) is 0 Å². The van der Waals surface area contributed by atoms with E-state index in [0.717, 1.165) is 11.5 Å². The lowest BCUT2D eigenvalue weighted by Gasteiger charge is -1.98. The van der Waals surface area contributed by atoms with Crippen molar-refractivity contribution < 1.29 is 4.79 Å². The summed E-state index contributed by atoms with van der Waals surface area (Å²) < 4.78 is 5.15. The molecule has 0 fully saturated rings. The van der Waals surface area contributed by atoms with Crippen LogP contribution in [0.4, 0.5) is 0 Å². The number of carbonyl (C=O) groups is 1. The van der Waals surface area contributed by atoms with Gasteiger partial charge in [-0.25, -0.2) is 9.67 Å². The van der Waals surface area contributed by atoms with E-state index >= 15 is 0 Å². The van der Waals surface area contributed by atoms with Crippen molar-refractivity contribution in [1.82, 2.24) is 24.4 Å². The van der Waals surface area contributed by atoms with Gasteiger partial charge in [-0.05, 0) is 18.5 Å². The van der Waals surface area contributed by atoms with Crippen molar-refractivity contribution in [3.05, 3.63) is 23.2 Å². The second-order valence-corrected chi connectivity index (χ2v) is 3.13. The first kappa shape index (κ1) is 8.95. The third-order valence-corrected chi connectivity index (χ3v) is 2.22. The fourth-order valence-corrected chi connectivity index (χ4v) is 1.49. The van der Waals surface area contributed by atoms with Gasteiger partial charge in [0, 0.05) is 11.9 Å². The lowest BCUT2D eigenvalue weighted by atomic mass is 10.3. The Balaban J connectivity index is 2.36. The van der Waals surface area contributed by atoms with E-state index in [0.29, 0.717) is 18.1 Å². The minimum Gasteiger partial charge on any atom is -0.283 e. The first-order valence-corrected chi connectivity index (χ1v) is 4.86. The zero-order valence-electron chi connectivity index (χ0n) is 7.41. The Morgan fingerprint density at radius 3 is 3.14 bits per heavy atom. The summed E-state index contributed by atoms with van der Waals surface area (Å²) in [6, 6.07) is 0. The van der Waals surface area contributed by atoms with Crippen molar-refractivity contribution >= 4 is 17.3 Å². The van der Waals surface area contributed by atoms with Gasteiger partial charge in [-0.1, -0.05) is 4.49 Å². The van der Waals surface area contributed by atoms with Gasteiger partial charge in [0.05, 0.1) is 0 Å². The minimum atomic E-state index is -0.238. The van der Waals surface area contributed by atoms with Crippen LogP contribution in [0.2, 0.25) is 0 Å². The first-order valence-electron chi connectivity index (χ1n) is 4.02. The molecule has 2 rings (SSSR count). The van der Waals surface area contributed by atoms with E-state index in [2.05, 4.69) is 19.7 Å². The molecule has 0 bridgehead atoms. The quantitative estimate of drug-likeness (QED) is 0.683. The Kier molecular flexibility index (Phi) is 2.32. The molecule has 0 amide bonds. The molecular formula is C7H7N5OS. The molecule has 0 aliphatic heterocycles. The van der Waals surface area contributed by atoms with Crippen LogP contribution in [0, 0.1) is 0 Å². The number of ketones is 1. The van der Waals surface area contributed by atoms with Crippen LogP contribution in [0.15, 0.2) is 11.7 Å². The second kappa shape index (κ2) is 3.62. The number of hydrogen-bond donors (Lipinski definition) is 0. The van der Waals surface area contributed by atoms with Gasteiger partial charge in [-0.2, -0.15) is 5.10 Å². The monoisotopic (exact) mass is 209 g/mol. The Morgan fingerprint density at radius 2 is 2.50 bits per heavy atom. The van der Waals surface area contributed by atoms with Crippen LogP contribution >= 0.6 is 11.5 Å². The zero-order valence-corrected chi connectivity index (χ0v) is 8.23. The molecular weight excluding hydrogens is 202 g/mol. The summed E-state index contributed by atoms with van der Waals surface area (Å²) in [6.45, 7) is 2.50. The van der Waals surface area contributed by atoms with E-state index in [4.69, 9.17) is 0 Å². The summed E-state index contributed by atoms with van der Waals surface area (Å²) in [6.07, 6.45) is 1.36. The molecule has 0 aliphatic carbocycles. The highest BCUT2D eigenvalue weighted by Crippen LogP contribution is 2.05. The van der Waals surface area contributed by atoms with Gasteiger partial charge in [0.2, 0.25) is 5.82 Å². The summed E-state index contributed by atoms with van der Waals surface area (Å²) in [7, 11) is 0. The highest BCUT2D eigenvalue weighted by molar-refractivity contribution is 7.03. The Bertz CT molecular complexity index is 435. The largest absolute Gasteiger partial charge is 0.283 e. The molecule has 14 heavy (non-hydrogen) atoms. The Morgan fingerprint density at radius 1 is 1.64 bits per heavy atom. The van der Waals surface area contributed by atoms with Gasteiger partial charge < -0.3 is 0 Å². The van der Waals surface area contributed by atoms with Gasteiger partial charge in [0.15, 0.2) is 0 Å². The maximum Gasteiger partial charge on any atom is 0.251 e. The number of aryl methyl sites for hydroxylation is 1. The van der Waals surface area contributed by atoms with Crippen molar-refractivity contribution in [2.24, 2.45) is 0 Å². The van der Waals surface area contributed by atoms with E-state index < -0.39 is 0 Å². The molecule has 0 saturated heterocycles. The van der Waals surface area contributed by atoms with Crippen LogP contribution in [-0.4, -0.2) is 30.1 Å². The van der Waals surface area contributed by atoms with Gasteiger partial charge in [-0.15, -0.1) is 5.10 Å². The lowest BCUT2D eigenvalue weighted by molar-refractivity contribution is 0.101. The standard InChI is InChI=1S/C7H7N5OS/c1-2-12-7(8-4-9-12)6(13)5-3-14-11-10-5/h3-4H,2H2,1H3. The predicted octanol–water partition coefficient (Wildman–Crippen LogP) is 0.380. The third-order valence-electron chi connectivity index (χ3n) is 1.71. The highest BCUT2D eigenvalue weighted by Gasteiger charge is 2.17. The van der Waals surface area contributed by atoms with E-state index in [9.17, 15) is 4.79 Å². The molecule has 0 unspecified atom stereocenters. The average Bonchev–Trinajstić information content (AvgIpc) is 2.87. The molecule has 0 atom stereocenters. The molecule has 0 spiro atoms. The molecule has 2 aromatic heterocycles. The van der Waals surface area contributed by atoms with Crippen molar-refractivity contribution in [2.45, 2.75) is 13.5 Å². The molecule has 0 N–H and O–H groups in total. The normalized spacial score (nSPS) is 10.4. The molecule has 7 heteroatoms. The van der Waals surface area contributed by atoms with Crippen molar-refractivity contribution in [3.63, 3.8) is 0 Å². The summed E-state index contributed by atoms with van der Waals surface area (Å²) in [5.74, 6) is 0.0679. The van der Waals surface area contributed by atoms with Crippen LogP contribution in [0.3, 0.4) is 0 Å². The summed E-state index contributed by atoms with van der Waals surface area (Å²) in [5, 5.41) is 9.19. The van der Waals surface area contributed by atoms with E-state index in [1.54, 1.807) is 5.38 Å². The molecule has 0 aromatic carbocycles. The van der Waals surface area contributed by atoms with Crippen molar-refractivity contribution in [3.8, 4) is 0 Å². The molecule has 0 radical (unpaired) electrons. The fourth-order valence-electron chi connectivity index (χ4n) is 1.05. The van der Waals surface area contributed by atoms with Crippen LogP contribution in [0.1, 0.15) is 23.2 Å². The molecule has 6 nitrogen and oxygen atoms in total. The summed E-state index contributed by atoms with van der Waals surface area (Å²) >= 11 is 1.14. The number of hydrogen-bond acceptors (Lipinski definition) is 6. The molecule has 0 saturated carbocycles. The summed E-state index contributed by atoms with van der Waals surface area (Å²) in [5.41, 5.74) is 0.317. The van der Waals surface area contributed by atoms with Gasteiger partial charge in [-0.3, -0.25) is 4.79 Å². The Hall–Kier alpha value is -1.63. The van der Waals surface area contributed by atoms with E-state index in [1.165, 1.54) is 11.0 Å². The topological polar surface area (TPSA) is 73.6 Å². The fraction of sp³-hybridized carbons (Fsp3) is 0.286. The molecule has 2 heterocycles. The molecule has 2 aromatic rings. The predicted molar refractivity (Wildman–Crippen MR) is 49.0 cm³/mol. The lowest BCUT2D eigenvalue weighted by Crippen LogP contribution is -2.12. The average molecular weight is 209 g/mol. The molecule has 72 valence electrons. The number of aromatic nitrogens is 5. The third kappa shape index (κ3) is 1.41. The van der Waals surface area contributed by atoms with Gasteiger partial charge in [0.25, 0.3) is 5.78 Å². The van der Waals surface area contributed by atoms with Crippen LogP contribution in [0.5, 0.6) is 0 Å². The maximum atomic E-state index is 11.7. The van der Waals surface area contributed by atoms with Crippen molar-refractivity contribution in [1.29, 1.82) is 0 Å².